The van der Waals surface area contributed by atoms with Gasteiger partial charge in [-0.2, -0.15) is 5.10 Å². The van der Waals surface area contributed by atoms with Crippen molar-refractivity contribution in [3.05, 3.63) is 59.4 Å². The summed E-state index contributed by atoms with van der Waals surface area (Å²) in [5.41, 5.74) is 1.64. The Hall–Kier alpha value is -3.70. The Bertz CT molecular complexity index is 1240. The number of nitrogens with one attached hydrogen (secondary N) is 1. The van der Waals surface area contributed by atoms with Gasteiger partial charge in [0, 0.05) is 49.8 Å². The second kappa shape index (κ2) is 13.3. The van der Waals surface area contributed by atoms with Crippen LogP contribution in [0.3, 0.4) is 0 Å². The summed E-state index contributed by atoms with van der Waals surface area (Å²) < 4.78 is 30.1. The highest BCUT2D eigenvalue weighted by atomic mass is 19.1. The van der Waals surface area contributed by atoms with Gasteiger partial charge in [0.2, 0.25) is 0 Å². The summed E-state index contributed by atoms with van der Waals surface area (Å²) >= 11 is 0. The van der Waals surface area contributed by atoms with Gasteiger partial charge in [-0.05, 0) is 50.6 Å². The van der Waals surface area contributed by atoms with Gasteiger partial charge in [0.15, 0.2) is 0 Å². The number of hydrazone groups is 1. The first-order chi connectivity index (χ1) is 19.6. The third kappa shape index (κ3) is 7.95. The molecule has 2 aromatic rings. The number of benzene rings is 2. The van der Waals surface area contributed by atoms with E-state index in [1.165, 1.54) is 22.0 Å². The smallest absolute Gasteiger partial charge is 0.318 e. The number of rotatable bonds is 9. The van der Waals surface area contributed by atoms with Gasteiger partial charge < -0.3 is 24.4 Å². The van der Waals surface area contributed by atoms with E-state index in [0.717, 1.165) is 24.2 Å². The molecule has 10 nitrogen and oxygen atoms in total. The minimum Gasteiger partial charge on any atom is -0.497 e. The number of carbonyl (C=O) groups is 2. The van der Waals surface area contributed by atoms with E-state index in [-0.39, 0.29) is 24.3 Å². The molecule has 1 saturated heterocycles. The SMILES string of the molecule is COc1ccc(C2=NN(C(=O)CN(CCN3CCOCC3)C(=O)NC(C)(C)C)C(c3ccc(F)cc3)C2)c(OC)c1. The summed E-state index contributed by atoms with van der Waals surface area (Å²) in [5, 5.41) is 9.13. The van der Waals surface area contributed by atoms with Gasteiger partial charge in [-0.15, -0.1) is 0 Å². The van der Waals surface area contributed by atoms with Crippen LogP contribution in [0.15, 0.2) is 47.6 Å². The number of carbonyl (C=O) groups excluding carboxylic acids is 2. The maximum Gasteiger partial charge on any atom is 0.318 e. The second-order valence-electron chi connectivity index (χ2n) is 11.2. The minimum absolute atomic E-state index is 0.166. The molecule has 2 heterocycles. The number of nitrogens with zero attached hydrogens (tertiary/aromatic N) is 4. The summed E-state index contributed by atoms with van der Waals surface area (Å²) in [6, 6.07) is 10.7. The number of amides is 3. The van der Waals surface area contributed by atoms with E-state index in [2.05, 4.69) is 10.2 Å². The lowest BCUT2D eigenvalue weighted by atomic mass is 9.97. The van der Waals surface area contributed by atoms with Crippen molar-refractivity contribution < 1.29 is 28.2 Å². The third-order valence-electron chi connectivity index (χ3n) is 7.03. The van der Waals surface area contributed by atoms with E-state index in [1.807, 2.05) is 32.9 Å². The third-order valence-corrected chi connectivity index (χ3v) is 7.03. The van der Waals surface area contributed by atoms with Gasteiger partial charge in [-0.1, -0.05) is 12.1 Å². The maximum absolute atomic E-state index is 13.9. The Morgan fingerprint density at radius 2 is 1.80 bits per heavy atom. The number of halogens is 1. The average Bonchev–Trinajstić information content (AvgIpc) is 3.40. The zero-order valence-electron chi connectivity index (χ0n) is 24.5. The number of hydrogen-bond acceptors (Lipinski definition) is 7. The Labute approximate surface area is 241 Å². The lowest BCUT2D eigenvalue weighted by Gasteiger charge is -2.32. The van der Waals surface area contributed by atoms with Crippen molar-refractivity contribution in [2.24, 2.45) is 5.10 Å². The molecule has 1 unspecified atom stereocenters. The molecule has 0 radical (unpaired) electrons. The fraction of sp³-hybridized carbons (Fsp3) is 0.500. The quantitative estimate of drug-likeness (QED) is 0.495. The van der Waals surface area contributed by atoms with Crippen LogP contribution in [-0.2, 0) is 9.53 Å². The summed E-state index contributed by atoms with van der Waals surface area (Å²) in [6.07, 6.45) is 0.391. The van der Waals surface area contributed by atoms with Gasteiger partial charge in [0.1, 0.15) is 23.9 Å². The van der Waals surface area contributed by atoms with E-state index in [9.17, 15) is 14.0 Å². The molecule has 11 heteroatoms. The topological polar surface area (TPSA) is 95.9 Å². The van der Waals surface area contributed by atoms with Gasteiger partial charge in [0.25, 0.3) is 5.91 Å². The van der Waals surface area contributed by atoms with Crippen LogP contribution in [0.1, 0.15) is 44.4 Å². The molecular weight excluding hydrogens is 529 g/mol. The number of hydrogen-bond donors (Lipinski definition) is 1. The van der Waals surface area contributed by atoms with E-state index in [0.29, 0.717) is 49.9 Å². The van der Waals surface area contributed by atoms with Gasteiger partial charge >= 0.3 is 6.03 Å². The van der Waals surface area contributed by atoms with E-state index in [1.54, 1.807) is 32.4 Å². The van der Waals surface area contributed by atoms with Crippen molar-refractivity contribution in [2.75, 3.05) is 60.2 Å². The van der Waals surface area contributed by atoms with Crippen molar-refractivity contribution >= 4 is 17.6 Å². The zero-order chi connectivity index (χ0) is 29.6. The lowest BCUT2D eigenvalue weighted by Crippen LogP contribution is -2.53. The van der Waals surface area contributed by atoms with E-state index >= 15 is 0 Å². The molecule has 222 valence electrons. The Balaban J connectivity index is 1.61. The molecule has 1 N–H and O–H groups in total. The fourth-order valence-electron chi connectivity index (χ4n) is 4.86. The average molecular weight is 570 g/mol. The van der Waals surface area contributed by atoms with Crippen LogP contribution in [0.25, 0.3) is 0 Å². The summed E-state index contributed by atoms with van der Waals surface area (Å²) in [7, 11) is 3.14. The molecule has 2 aliphatic rings. The van der Waals surface area contributed by atoms with Crippen LogP contribution >= 0.6 is 0 Å². The van der Waals surface area contributed by atoms with Crippen molar-refractivity contribution in [1.29, 1.82) is 0 Å². The summed E-state index contributed by atoms with van der Waals surface area (Å²) in [6.45, 7) is 9.36. The predicted octanol–water partition coefficient (Wildman–Crippen LogP) is 3.66. The normalized spacial score (nSPS) is 17.7. The number of methoxy groups -OCH3 is 2. The van der Waals surface area contributed by atoms with Crippen LogP contribution in [0.2, 0.25) is 0 Å². The lowest BCUT2D eigenvalue weighted by molar-refractivity contribution is -0.133. The molecule has 2 aliphatic heterocycles. The molecule has 3 amide bonds. The van der Waals surface area contributed by atoms with Crippen molar-refractivity contribution in [3.63, 3.8) is 0 Å². The molecule has 4 rings (SSSR count). The fourth-order valence-corrected chi connectivity index (χ4v) is 4.86. The second-order valence-corrected chi connectivity index (χ2v) is 11.2. The van der Waals surface area contributed by atoms with Gasteiger partial charge in [-0.3, -0.25) is 9.69 Å². The Morgan fingerprint density at radius 1 is 1.10 bits per heavy atom. The Morgan fingerprint density at radius 3 is 2.44 bits per heavy atom. The highest BCUT2D eigenvalue weighted by Gasteiger charge is 2.36. The molecule has 41 heavy (non-hydrogen) atoms. The monoisotopic (exact) mass is 569 g/mol. The molecule has 1 atom stereocenters. The predicted molar refractivity (Wildman–Crippen MR) is 154 cm³/mol. The molecule has 0 aliphatic carbocycles. The molecule has 1 fully saturated rings. The first-order valence-corrected chi connectivity index (χ1v) is 13.8. The molecule has 0 spiro atoms. The van der Waals surface area contributed by atoms with E-state index < -0.39 is 11.6 Å². The van der Waals surface area contributed by atoms with Crippen LogP contribution in [0.4, 0.5) is 9.18 Å². The first kappa shape index (κ1) is 30.3. The van der Waals surface area contributed by atoms with Crippen LogP contribution in [0.5, 0.6) is 11.5 Å². The van der Waals surface area contributed by atoms with Crippen molar-refractivity contribution in [2.45, 2.75) is 38.8 Å². The standard InChI is InChI=1S/C30H40FN5O5/c1-30(2,3)32-29(38)35(13-12-34-14-16-41-17-15-34)20-28(37)36-26(21-6-8-22(31)9-7-21)19-25(33-36)24-11-10-23(39-4)18-27(24)40-5/h6-11,18,26H,12-17,19-20H2,1-5H3,(H,32,38). The highest BCUT2D eigenvalue weighted by Crippen LogP contribution is 2.36. The number of ether oxygens (including phenoxy) is 3. The molecule has 0 bridgehead atoms. The highest BCUT2D eigenvalue weighted by molar-refractivity contribution is 6.05. The summed E-state index contributed by atoms with van der Waals surface area (Å²) in [5.74, 6) is 0.489. The molecular formula is C30H40FN5O5. The summed E-state index contributed by atoms with van der Waals surface area (Å²) in [4.78, 5) is 30.9. The molecule has 0 saturated carbocycles. The van der Waals surface area contributed by atoms with Crippen molar-refractivity contribution in [3.8, 4) is 11.5 Å². The number of morpholine rings is 1. The number of urea groups is 1. The zero-order valence-corrected chi connectivity index (χ0v) is 24.5. The Kier molecular flexibility index (Phi) is 9.82. The minimum atomic E-state index is -0.475. The molecule has 0 aromatic heterocycles. The largest absolute Gasteiger partial charge is 0.497 e. The van der Waals surface area contributed by atoms with E-state index in [4.69, 9.17) is 19.3 Å². The van der Waals surface area contributed by atoms with Crippen LogP contribution < -0.4 is 14.8 Å². The van der Waals surface area contributed by atoms with Gasteiger partial charge in [0.05, 0.1) is 39.2 Å². The van der Waals surface area contributed by atoms with Gasteiger partial charge in [-0.25, -0.2) is 14.2 Å². The van der Waals surface area contributed by atoms with Crippen LogP contribution in [0, 0.1) is 5.82 Å². The first-order valence-electron chi connectivity index (χ1n) is 13.8. The molecule has 2 aromatic carbocycles. The van der Waals surface area contributed by atoms with Crippen molar-refractivity contribution in [1.82, 2.24) is 20.1 Å². The maximum atomic E-state index is 13.9. The van der Waals surface area contributed by atoms with Crippen LogP contribution in [-0.4, -0.2) is 98.2 Å².